The number of rotatable bonds is 1. The molecule has 0 bridgehead atoms. The van der Waals surface area contributed by atoms with E-state index in [1.165, 1.54) is 0 Å². The molecule has 0 aliphatic carbocycles. The van der Waals surface area contributed by atoms with Crippen molar-refractivity contribution in [2.75, 3.05) is 6.16 Å². The van der Waals surface area contributed by atoms with Gasteiger partial charge in [0.05, 0.1) is 0 Å². The van der Waals surface area contributed by atoms with Crippen LogP contribution in [0.5, 0.6) is 0 Å². The largest absolute Gasteiger partial charge is 0.0565 e. The summed E-state index contributed by atoms with van der Waals surface area (Å²) in [5, 5.41) is 0. The Balaban J connectivity index is 3.23. The van der Waals surface area contributed by atoms with Crippen LogP contribution >= 0.6 is 5.47 Å². The monoisotopic (exact) mass is 124 g/mol. The van der Waals surface area contributed by atoms with E-state index in [0.717, 1.165) is 6.16 Å². The van der Waals surface area contributed by atoms with E-state index in [4.69, 9.17) is 0 Å². The van der Waals surface area contributed by atoms with E-state index in [1.807, 2.05) is 6.92 Å². The molecule has 0 amide bonds. The molecule has 0 aliphatic rings. The average molecular weight is 124 g/mol. The van der Waals surface area contributed by atoms with Gasteiger partial charge in [-0.15, -0.1) is 0 Å². The highest BCUT2D eigenvalue weighted by molar-refractivity contribution is 8.25. The summed E-state index contributed by atoms with van der Waals surface area (Å²) in [7, 11) is 0. The van der Waals surface area contributed by atoms with Gasteiger partial charge < -0.3 is 0 Å². The van der Waals surface area contributed by atoms with Gasteiger partial charge in [0.2, 0.25) is 0 Å². The normalized spacial score (nSPS) is 7.40. The van der Waals surface area contributed by atoms with Crippen molar-refractivity contribution in [3.8, 4) is 0 Å². The molecule has 0 unspecified atom stereocenters. The van der Waals surface area contributed by atoms with E-state index in [0.29, 0.717) is 0 Å². The van der Waals surface area contributed by atoms with Crippen LogP contribution in [-0.4, -0.2) is 6.16 Å². The molecule has 5 heavy (non-hydrogen) atoms. The van der Waals surface area contributed by atoms with Crippen LogP contribution in [0.25, 0.3) is 0 Å². The molecule has 0 aromatic rings. The molecule has 0 nitrogen and oxygen atoms in total. The molecule has 0 aromatic heterocycles. The van der Waals surface area contributed by atoms with E-state index in [2.05, 4.69) is 23.6 Å². The van der Waals surface area contributed by atoms with Crippen LogP contribution in [0.3, 0.4) is 0 Å². The van der Waals surface area contributed by atoms with Crippen molar-refractivity contribution in [1.82, 2.24) is 0 Å². The minimum atomic E-state index is -0.432. The van der Waals surface area contributed by atoms with Crippen molar-refractivity contribution in [2.45, 2.75) is 6.92 Å². The van der Waals surface area contributed by atoms with Crippen LogP contribution in [0.4, 0.5) is 0 Å². The van der Waals surface area contributed by atoms with Gasteiger partial charge in [0.15, 0.2) is 0 Å². The summed E-state index contributed by atoms with van der Waals surface area (Å²) in [6.45, 7) is 2.02. The van der Waals surface area contributed by atoms with Crippen molar-refractivity contribution in [1.29, 1.82) is 0 Å². The first-order valence-electron chi connectivity index (χ1n) is 1.39. The van der Waals surface area contributed by atoms with Crippen LogP contribution in [0.2, 0.25) is 0 Å². The topological polar surface area (TPSA) is 0 Å². The van der Waals surface area contributed by atoms with Crippen molar-refractivity contribution in [3.63, 3.8) is 0 Å². The summed E-state index contributed by atoms with van der Waals surface area (Å²) in [5.74, 6) is 0. The van der Waals surface area contributed by atoms with Gasteiger partial charge in [-0.3, -0.25) is 0 Å². The second-order valence-corrected chi connectivity index (χ2v) is 5.28. The Morgan fingerprint density at radius 2 is 1.80 bits per heavy atom. The fraction of sp³-hybridized carbons (Fsp3) is 1.00. The Kier molecular flexibility index (Phi) is 3.39. The van der Waals surface area contributed by atoms with Gasteiger partial charge in [0, 0.05) is 11.6 Å². The molecule has 0 aromatic carbocycles. The zero-order valence-electron chi connectivity index (χ0n) is 2.97. The molecule has 0 spiro atoms. The summed E-state index contributed by atoms with van der Waals surface area (Å²) < 4.78 is 0. The SMILES string of the molecule is CCP(=S)=S. The first kappa shape index (κ1) is 5.74. The quantitative estimate of drug-likeness (QED) is 0.485. The van der Waals surface area contributed by atoms with Crippen LogP contribution in [0.15, 0.2) is 0 Å². The summed E-state index contributed by atoms with van der Waals surface area (Å²) in [5.41, 5.74) is -0.432. The Labute approximate surface area is 42.7 Å². The van der Waals surface area contributed by atoms with Crippen LogP contribution in [0.1, 0.15) is 6.92 Å². The van der Waals surface area contributed by atoms with Crippen molar-refractivity contribution < 1.29 is 0 Å². The Bertz CT molecular complexity index is 65.7. The van der Waals surface area contributed by atoms with Gasteiger partial charge in [-0.2, -0.15) is 0 Å². The molecule has 0 fully saturated rings. The van der Waals surface area contributed by atoms with Crippen LogP contribution in [0, 0.1) is 0 Å². The molecule has 0 saturated carbocycles. The van der Waals surface area contributed by atoms with Gasteiger partial charge >= 0.3 is 0 Å². The van der Waals surface area contributed by atoms with Gasteiger partial charge in [0.1, 0.15) is 0 Å². The van der Waals surface area contributed by atoms with Gasteiger partial charge in [-0.1, -0.05) is 30.5 Å². The highest BCUT2D eigenvalue weighted by Gasteiger charge is 1.61. The Morgan fingerprint density at radius 1 is 1.60 bits per heavy atom. The van der Waals surface area contributed by atoms with Crippen molar-refractivity contribution >= 4 is 29.1 Å². The zero-order chi connectivity index (χ0) is 4.28. The van der Waals surface area contributed by atoms with E-state index >= 15 is 0 Å². The van der Waals surface area contributed by atoms with Gasteiger partial charge in [-0.05, 0) is 0 Å². The molecule has 30 valence electrons. The third-order valence-corrected chi connectivity index (χ3v) is 2.32. The smallest absolute Gasteiger partial charge is 0.0100 e. The second kappa shape index (κ2) is 2.95. The Morgan fingerprint density at radius 3 is 1.80 bits per heavy atom. The lowest BCUT2D eigenvalue weighted by Crippen LogP contribution is -1.45. The summed E-state index contributed by atoms with van der Waals surface area (Å²) in [6.07, 6.45) is 1.00. The fourth-order valence-corrected chi connectivity index (χ4v) is 0. The second-order valence-electron chi connectivity index (χ2n) is 0.649. The molecule has 3 heteroatoms. The Hall–Kier alpha value is 0.740. The van der Waals surface area contributed by atoms with Crippen molar-refractivity contribution in [3.05, 3.63) is 0 Å². The predicted molar refractivity (Wildman–Crippen MR) is 32.2 cm³/mol. The minimum Gasteiger partial charge on any atom is -0.0565 e. The minimum absolute atomic E-state index is 0.432. The fourth-order valence-electron chi connectivity index (χ4n) is 0. The molecule has 0 saturated heterocycles. The molecular weight excluding hydrogens is 119 g/mol. The maximum absolute atomic E-state index is 4.66. The van der Waals surface area contributed by atoms with Crippen LogP contribution < -0.4 is 0 Å². The lowest BCUT2D eigenvalue weighted by Gasteiger charge is -1.63. The summed E-state index contributed by atoms with van der Waals surface area (Å²) in [6, 6.07) is 0. The molecule has 0 rings (SSSR count). The third kappa shape index (κ3) is 4.74. The highest BCUT2D eigenvalue weighted by Crippen LogP contribution is 1.98. The number of hydrogen-bond donors (Lipinski definition) is 0. The van der Waals surface area contributed by atoms with Crippen molar-refractivity contribution in [2.24, 2.45) is 0 Å². The predicted octanol–water partition coefficient (Wildman–Crippen LogP) is 1.41. The lowest BCUT2D eigenvalue weighted by atomic mass is 11.0. The molecule has 0 radical (unpaired) electrons. The van der Waals surface area contributed by atoms with Crippen LogP contribution in [-0.2, 0) is 23.6 Å². The van der Waals surface area contributed by atoms with E-state index < -0.39 is 5.47 Å². The van der Waals surface area contributed by atoms with Gasteiger partial charge in [0.25, 0.3) is 0 Å². The molecule has 0 aliphatic heterocycles. The van der Waals surface area contributed by atoms with Gasteiger partial charge in [-0.25, -0.2) is 0 Å². The first-order valence-corrected chi connectivity index (χ1v) is 4.94. The lowest BCUT2D eigenvalue weighted by molar-refractivity contribution is 1.53. The summed E-state index contributed by atoms with van der Waals surface area (Å²) >= 11 is 9.32. The highest BCUT2D eigenvalue weighted by atomic mass is 32.7. The average Bonchev–Trinajstić information content (AvgIpc) is 1.38. The zero-order valence-corrected chi connectivity index (χ0v) is 5.50. The summed E-state index contributed by atoms with van der Waals surface area (Å²) in [4.78, 5) is 0. The maximum Gasteiger partial charge on any atom is 0.0100 e. The molecular formula is C2H5PS2. The molecule has 0 atom stereocenters. The first-order chi connectivity index (χ1) is 2.27. The van der Waals surface area contributed by atoms with E-state index in [-0.39, 0.29) is 0 Å². The third-order valence-electron chi connectivity index (χ3n) is 0.258. The standard InChI is InChI=1S/C2H5PS2/c1-2-3(4)5/h2H2,1H3. The molecule has 0 heterocycles. The van der Waals surface area contributed by atoms with E-state index in [1.54, 1.807) is 0 Å². The maximum atomic E-state index is 4.66. The van der Waals surface area contributed by atoms with E-state index in [9.17, 15) is 0 Å². The molecule has 0 N–H and O–H groups in total. The number of hydrogen-bond acceptors (Lipinski definition) is 2.